The predicted molar refractivity (Wildman–Crippen MR) is 80.8 cm³/mol. The number of hydrogen-bond donors (Lipinski definition) is 6. The number of carbonyl (C=O) groups excluding carboxylic acids is 2. The van der Waals surface area contributed by atoms with Crippen molar-refractivity contribution in [2.24, 2.45) is 0 Å². The number of hydrogen-bond acceptors (Lipinski definition) is 9. The number of para-hydroxylation sites is 1. The number of carboxylic acid groups (broad SMARTS) is 1. The summed E-state index contributed by atoms with van der Waals surface area (Å²) in [6.45, 7) is -0.684. The lowest BCUT2D eigenvalue weighted by Gasteiger charge is -2.37. The van der Waals surface area contributed by atoms with Crippen molar-refractivity contribution in [3.05, 3.63) is 29.8 Å². The number of benzene rings is 1. The number of ether oxygens (including phenoxy) is 2. The number of aliphatic hydroxyl groups excluding tert-OH is 3. The van der Waals surface area contributed by atoms with Crippen molar-refractivity contribution in [1.29, 1.82) is 0 Å². The molecule has 1 saturated heterocycles. The fraction of sp³-hybridized carbons (Fsp3) is 0.400. The molecule has 0 aromatic heterocycles. The van der Waals surface area contributed by atoms with E-state index in [0.717, 1.165) is 0 Å². The summed E-state index contributed by atoms with van der Waals surface area (Å²) in [5, 5.41) is 49.5. The van der Waals surface area contributed by atoms with E-state index in [0.29, 0.717) is 0 Å². The van der Waals surface area contributed by atoms with Crippen LogP contribution in [0.25, 0.3) is 0 Å². The topological polar surface area (TPSA) is 183 Å². The third-order valence-corrected chi connectivity index (χ3v) is 3.60. The first-order valence-electron chi connectivity index (χ1n) is 7.40. The molecule has 11 nitrogen and oxygen atoms in total. The van der Waals surface area contributed by atoms with Crippen LogP contribution in [0.1, 0.15) is 10.4 Å². The molecule has 142 valence electrons. The molecule has 0 spiro atoms. The van der Waals surface area contributed by atoms with Crippen molar-refractivity contribution in [3.8, 4) is 5.75 Å². The average Bonchev–Trinajstić information content (AvgIpc) is 2.60. The molecule has 1 aromatic rings. The zero-order valence-electron chi connectivity index (χ0n) is 13.2. The van der Waals surface area contributed by atoms with Crippen LogP contribution in [0.2, 0.25) is 0 Å². The summed E-state index contributed by atoms with van der Waals surface area (Å²) in [4.78, 5) is 34.6. The fourth-order valence-corrected chi connectivity index (χ4v) is 2.23. The number of phenols is 1. The number of rotatable bonds is 5. The molecule has 0 saturated carbocycles. The summed E-state index contributed by atoms with van der Waals surface area (Å²) in [7, 11) is 0. The number of carboxylic acids is 1. The van der Waals surface area contributed by atoms with Gasteiger partial charge in [0.05, 0.1) is 5.56 Å². The fourth-order valence-electron chi connectivity index (χ4n) is 2.23. The van der Waals surface area contributed by atoms with E-state index in [9.17, 15) is 34.8 Å². The lowest BCUT2D eigenvalue weighted by molar-refractivity contribution is -0.286. The van der Waals surface area contributed by atoms with Gasteiger partial charge < -0.3 is 40.3 Å². The molecule has 0 bridgehead atoms. The van der Waals surface area contributed by atoms with Crippen LogP contribution < -0.4 is 5.32 Å². The van der Waals surface area contributed by atoms with Crippen LogP contribution in [0, 0.1) is 0 Å². The summed E-state index contributed by atoms with van der Waals surface area (Å²) in [6.07, 6.45) is -9.50. The first-order chi connectivity index (χ1) is 12.2. The zero-order chi connectivity index (χ0) is 19.4. The first-order valence-corrected chi connectivity index (χ1v) is 7.40. The molecule has 1 fully saturated rings. The minimum Gasteiger partial charge on any atom is -0.507 e. The molecule has 1 aliphatic heterocycles. The minimum absolute atomic E-state index is 0.0845. The molecule has 5 atom stereocenters. The smallest absolute Gasteiger partial charge is 0.335 e. The molecule has 1 aromatic carbocycles. The quantitative estimate of drug-likeness (QED) is 0.304. The molecule has 0 unspecified atom stereocenters. The summed E-state index contributed by atoms with van der Waals surface area (Å²) in [6, 6.07) is 5.59. The second kappa shape index (κ2) is 8.10. The van der Waals surface area contributed by atoms with Crippen LogP contribution >= 0.6 is 0 Å². The van der Waals surface area contributed by atoms with Crippen molar-refractivity contribution in [3.63, 3.8) is 0 Å². The van der Waals surface area contributed by atoms with Crippen LogP contribution in [0.3, 0.4) is 0 Å². The molecule has 1 amide bonds. The highest BCUT2D eigenvalue weighted by Crippen LogP contribution is 2.22. The molecule has 0 aliphatic carbocycles. The highest BCUT2D eigenvalue weighted by Gasteiger charge is 2.48. The summed E-state index contributed by atoms with van der Waals surface area (Å²) in [5.74, 6) is -3.81. The molecule has 6 N–H and O–H groups in total. The maximum absolute atomic E-state index is 11.9. The summed E-state index contributed by atoms with van der Waals surface area (Å²) < 4.78 is 9.47. The second-order valence-corrected chi connectivity index (χ2v) is 5.42. The molecule has 0 radical (unpaired) electrons. The third kappa shape index (κ3) is 4.26. The Labute approximate surface area is 146 Å². The summed E-state index contributed by atoms with van der Waals surface area (Å²) >= 11 is 0. The van der Waals surface area contributed by atoms with E-state index in [2.05, 4.69) is 5.32 Å². The van der Waals surface area contributed by atoms with Crippen LogP contribution in [-0.4, -0.2) is 80.6 Å². The predicted octanol–water partition coefficient (Wildman–Crippen LogP) is -2.44. The Morgan fingerprint density at radius 1 is 1.08 bits per heavy atom. The SMILES string of the molecule is O=C(CNC(=O)c1ccccc1O)O[C@@H]1O[C@H](C(=O)O)[C@@H](O)[C@H](O)[C@H]1O. The van der Waals surface area contributed by atoms with Crippen molar-refractivity contribution in [1.82, 2.24) is 5.32 Å². The van der Waals surface area contributed by atoms with Gasteiger partial charge in [0.2, 0.25) is 6.29 Å². The first kappa shape index (κ1) is 19.6. The molecular weight excluding hydrogens is 354 g/mol. The van der Waals surface area contributed by atoms with Gasteiger partial charge in [-0.1, -0.05) is 12.1 Å². The van der Waals surface area contributed by atoms with Crippen molar-refractivity contribution in [2.75, 3.05) is 6.54 Å². The van der Waals surface area contributed by atoms with Gasteiger partial charge in [-0.15, -0.1) is 0 Å². The van der Waals surface area contributed by atoms with Gasteiger partial charge in [0, 0.05) is 0 Å². The van der Waals surface area contributed by atoms with Crippen molar-refractivity contribution >= 4 is 17.8 Å². The number of amides is 1. The van der Waals surface area contributed by atoms with Gasteiger partial charge in [-0.25, -0.2) is 4.79 Å². The molecule has 1 heterocycles. The average molecular weight is 371 g/mol. The van der Waals surface area contributed by atoms with E-state index < -0.39 is 55.1 Å². The van der Waals surface area contributed by atoms with Gasteiger partial charge in [-0.05, 0) is 12.1 Å². The number of esters is 1. The van der Waals surface area contributed by atoms with E-state index in [1.807, 2.05) is 0 Å². The number of aromatic hydroxyl groups is 1. The van der Waals surface area contributed by atoms with Gasteiger partial charge in [0.15, 0.2) is 6.10 Å². The normalized spacial score (nSPS) is 28.2. The highest BCUT2D eigenvalue weighted by atomic mass is 16.7. The van der Waals surface area contributed by atoms with Crippen molar-refractivity contribution < 1.29 is 49.4 Å². The van der Waals surface area contributed by atoms with E-state index in [4.69, 9.17) is 14.6 Å². The lowest BCUT2D eigenvalue weighted by atomic mass is 9.99. The van der Waals surface area contributed by atoms with Crippen LogP contribution in [0.15, 0.2) is 24.3 Å². The van der Waals surface area contributed by atoms with Crippen LogP contribution in [0.5, 0.6) is 5.75 Å². The van der Waals surface area contributed by atoms with E-state index in [1.54, 1.807) is 0 Å². The number of nitrogens with one attached hydrogen (secondary N) is 1. The summed E-state index contributed by atoms with van der Waals surface area (Å²) in [5.41, 5.74) is -0.0845. The van der Waals surface area contributed by atoms with Gasteiger partial charge in [0.1, 0.15) is 30.6 Å². The van der Waals surface area contributed by atoms with E-state index in [-0.39, 0.29) is 11.3 Å². The Kier molecular flexibility index (Phi) is 6.10. The second-order valence-electron chi connectivity index (χ2n) is 5.42. The van der Waals surface area contributed by atoms with Gasteiger partial charge >= 0.3 is 11.9 Å². The number of phenolic OH excluding ortho intramolecular Hbond substituents is 1. The number of aliphatic carboxylic acids is 1. The molecule has 11 heteroatoms. The van der Waals surface area contributed by atoms with Gasteiger partial charge in [-0.3, -0.25) is 9.59 Å². The van der Waals surface area contributed by atoms with Crippen molar-refractivity contribution in [2.45, 2.75) is 30.7 Å². The maximum Gasteiger partial charge on any atom is 0.335 e. The molecule has 2 rings (SSSR count). The van der Waals surface area contributed by atoms with Crippen LogP contribution in [0.4, 0.5) is 0 Å². The Morgan fingerprint density at radius 2 is 1.73 bits per heavy atom. The lowest BCUT2D eigenvalue weighted by Crippen LogP contribution is -2.60. The molecule has 26 heavy (non-hydrogen) atoms. The number of carbonyl (C=O) groups is 3. The number of aliphatic hydroxyl groups is 3. The Balaban J connectivity index is 1.93. The van der Waals surface area contributed by atoms with Gasteiger partial charge in [-0.2, -0.15) is 0 Å². The maximum atomic E-state index is 11.9. The Morgan fingerprint density at radius 3 is 2.35 bits per heavy atom. The van der Waals surface area contributed by atoms with E-state index >= 15 is 0 Å². The Bertz CT molecular complexity index is 693. The van der Waals surface area contributed by atoms with Gasteiger partial charge in [0.25, 0.3) is 5.91 Å². The third-order valence-electron chi connectivity index (χ3n) is 3.60. The highest BCUT2D eigenvalue weighted by molar-refractivity contribution is 5.98. The standard InChI is InChI=1S/C15H17NO10/c17-7-4-2-1-3-6(7)13(22)16-5-8(18)25-15-11(21)9(19)10(20)12(26-15)14(23)24/h1-4,9-12,15,17,19-21H,5H2,(H,16,22)(H,23,24)/t9-,10-,11+,12-,15+/m0/s1. The largest absolute Gasteiger partial charge is 0.507 e. The molecular formula is C15H17NO10. The molecule has 1 aliphatic rings. The Hall–Kier alpha value is -2.73. The minimum atomic E-state index is -1.92. The monoisotopic (exact) mass is 371 g/mol. The zero-order valence-corrected chi connectivity index (χ0v) is 13.2. The van der Waals surface area contributed by atoms with E-state index in [1.165, 1.54) is 24.3 Å². The van der Waals surface area contributed by atoms with Crippen LogP contribution in [-0.2, 0) is 19.1 Å².